The van der Waals surface area contributed by atoms with Crippen molar-refractivity contribution in [2.45, 2.75) is 31.7 Å². The Morgan fingerprint density at radius 3 is 3.00 bits per heavy atom. The molecule has 1 unspecified atom stereocenters. The van der Waals surface area contributed by atoms with Gasteiger partial charge in [0.2, 0.25) is 5.91 Å². The van der Waals surface area contributed by atoms with Crippen molar-refractivity contribution in [2.24, 2.45) is 5.92 Å². The van der Waals surface area contributed by atoms with Crippen LogP contribution in [0, 0.1) is 5.92 Å². The monoisotopic (exact) mass is 226 g/mol. The van der Waals surface area contributed by atoms with Crippen LogP contribution < -0.4 is 5.32 Å². The minimum atomic E-state index is 0.0845. The molecule has 4 heteroatoms. The topological polar surface area (TPSA) is 41.6 Å². The molecule has 0 bridgehead atoms. The molecule has 2 aliphatic rings. The highest BCUT2D eigenvalue weighted by molar-refractivity contribution is 5.82. The molecule has 16 heavy (non-hydrogen) atoms. The summed E-state index contributed by atoms with van der Waals surface area (Å²) in [5.41, 5.74) is 0. The first-order chi connectivity index (χ1) is 7.81. The van der Waals surface area contributed by atoms with E-state index in [-0.39, 0.29) is 6.04 Å². The van der Waals surface area contributed by atoms with Gasteiger partial charge < -0.3 is 15.0 Å². The second-order valence-corrected chi connectivity index (χ2v) is 4.90. The van der Waals surface area contributed by atoms with Gasteiger partial charge >= 0.3 is 0 Å². The molecular formula is C12H22N2O2. The normalized spacial score (nSPS) is 30.7. The van der Waals surface area contributed by atoms with E-state index in [2.05, 4.69) is 5.32 Å². The Morgan fingerprint density at radius 2 is 2.31 bits per heavy atom. The molecule has 0 saturated carbocycles. The molecule has 0 aromatic heterocycles. The molecule has 1 amide bonds. The maximum Gasteiger partial charge on any atom is 0.239 e. The van der Waals surface area contributed by atoms with Crippen LogP contribution in [0.2, 0.25) is 0 Å². The van der Waals surface area contributed by atoms with E-state index < -0.39 is 0 Å². The molecule has 2 fully saturated rings. The van der Waals surface area contributed by atoms with Gasteiger partial charge in [-0.25, -0.2) is 0 Å². The number of amides is 1. The molecule has 2 heterocycles. The summed E-state index contributed by atoms with van der Waals surface area (Å²) in [5, 5.41) is 3.28. The number of carbonyl (C=O) groups is 1. The zero-order valence-corrected chi connectivity index (χ0v) is 10.1. The smallest absolute Gasteiger partial charge is 0.239 e. The summed E-state index contributed by atoms with van der Waals surface area (Å²) < 4.78 is 5.18. The first-order valence-electron chi connectivity index (χ1n) is 6.32. The Labute approximate surface area is 97.3 Å². The first kappa shape index (κ1) is 11.9. The number of piperidine rings is 1. The van der Waals surface area contributed by atoms with Crippen molar-refractivity contribution in [1.82, 2.24) is 10.2 Å². The second kappa shape index (κ2) is 5.64. The molecule has 0 aromatic rings. The highest BCUT2D eigenvalue weighted by Crippen LogP contribution is 2.19. The zero-order chi connectivity index (χ0) is 11.4. The van der Waals surface area contributed by atoms with Crippen LogP contribution in [-0.4, -0.2) is 50.2 Å². The predicted molar refractivity (Wildman–Crippen MR) is 62.2 cm³/mol. The molecule has 4 nitrogen and oxygen atoms in total. The van der Waals surface area contributed by atoms with Gasteiger partial charge in [-0.05, 0) is 38.1 Å². The molecule has 0 spiro atoms. The van der Waals surface area contributed by atoms with Crippen LogP contribution in [0.3, 0.4) is 0 Å². The molecule has 2 saturated heterocycles. The summed E-state index contributed by atoms with van der Waals surface area (Å²) >= 11 is 0. The van der Waals surface area contributed by atoms with E-state index in [9.17, 15) is 4.79 Å². The van der Waals surface area contributed by atoms with Gasteiger partial charge in [0.15, 0.2) is 0 Å². The Morgan fingerprint density at radius 1 is 1.44 bits per heavy atom. The Bertz CT molecular complexity index is 237. The zero-order valence-electron chi connectivity index (χ0n) is 10.1. The highest BCUT2D eigenvalue weighted by atomic mass is 16.5. The summed E-state index contributed by atoms with van der Waals surface area (Å²) in [6, 6.07) is 0.0845. The molecule has 0 aromatic carbocycles. The lowest BCUT2D eigenvalue weighted by molar-refractivity contribution is -0.135. The predicted octanol–water partition coefficient (Wildman–Crippen LogP) is 0.623. The number of carbonyl (C=O) groups excluding carboxylic acids is 1. The molecular weight excluding hydrogens is 204 g/mol. The van der Waals surface area contributed by atoms with E-state index in [0.29, 0.717) is 11.8 Å². The standard InChI is InChI=1S/C12H22N2O2/c1-16-9-10-4-3-7-14(8-10)12(15)11-5-2-6-13-11/h10-11,13H,2-9H2,1H3/t10?,11-/m0/s1. The Kier molecular flexibility index (Phi) is 4.18. The van der Waals surface area contributed by atoms with Gasteiger partial charge in [0.25, 0.3) is 0 Å². The number of ether oxygens (including phenoxy) is 1. The van der Waals surface area contributed by atoms with Gasteiger partial charge in [-0.3, -0.25) is 4.79 Å². The third kappa shape index (κ3) is 2.74. The summed E-state index contributed by atoms with van der Waals surface area (Å²) in [6.07, 6.45) is 4.44. The van der Waals surface area contributed by atoms with Crippen LogP contribution in [0.4, 0.5) is 0 Å². The number of nitrogens with one attached hydrogen (secondary N) is 1. The van der Waals surface area contributed by atoms with Gasteiger partial charge in [-0.1, -0.05) is 0 Å². The molecule has 1 N–H and O–H groups in total. The Balaban J connectivity index is 1.85. The van der Waals surface area contributed by atoms with Gasteiger partial charge in [0, 0.05) is 20.2 Å². The Hall–Kier alpha value is -0.610. The fourth-order valence-electron chi connectivity index (χ4n) is 2.75. The van der Waals surface area contributed by atoms with Crippen LogP contribution in [-0.2, 0) is 9.53 Å². The van der Waals surface area contributed by atoms with Crippen molar-refractivity contribution < 1.29 is 9.53 Å². The van der Waals surface area contributed by atoms with E-state index in [0.717, 1.165) is 45.5 Å². The van der Waals surface area contributed by atoms with E-state index in [1.807, 2.05) is 4.90 Å². The number of likely N-dealkylation sites (tertiary alicyclic amines) is 1. The van der Waals surface area contributed by atoms with Crippen LogP contribution >= 0.6 is 0 Å². The fourth-order valence-corrected chi connectivity index (χ4v) is 2.75. The average Bonchev–Trinajstić information content (AvgIpc) is 2.82. The number of hydrogen-bond acceptors (Lipinski definition) is 3. The average molecular weight is 226 g/mol. The van der Waals surface area contributed by atoms with Gasteiger partial charge in [-0.2, -0.15) is 0 Å². The largest absolute Gasteiger partial charge is 0.384 e. The highest BCUT2D eigenvalue weighted by Gasteiger charge is 2.30. The third-order valence-corrected chi connectivity index (χ3v) is 3.59. The van der Waals surface area contributed by atoms with Crippen LogP contribution in [0.1, 0.15) is 25.7 Å². The number of nitrogens with zero attached hydrogens (tertiary/aromatic N) is 1. The van der Waals surface area contributed by atoms with E-state index >= 15 is 0 Å². The lowest BCUT2D eigenvalue weighted by atomic mass is 9.98. The maximum atomic E-state index is 12.2. The quantitative estimate of drug-likeness (QED) is 0.767. The van der Waals surface area contributed by atoms with Crippen molar-refractivity contribution in [2.75, 3.05) is 33.4 Å². The molecule has 0 radical (unpaired) electrons. The van der Waals surface area contributed by atoms with Crippen molar-refractivity contribution in [3.63, 3.8) is 0 Å². The van der Waals surface area contributed by atoms with Crippen molar-refractivity contribution in [3.05, 3.63) is 0 Å². The molecule has 2 atom stereocenters. The lowest BCUT2D eigenvalue weighted by Crippen LogP contribution is -2.48. The second-order valence-electron chi connectivity index (χ2n) is 4.90. The molecule has 2 rings (SSSR count). The van der Waals surface area contributed by atoms with Crippen LogP contribution in [0.15, 0.2) is 0 Å². The summed E-state index contributed by atoms with van der Waals surface area (Å²) in [4.78, 5) is 14.2. The van der Waals surface area contributed by atoms with Crippen molar-refractivity contribution in [3.8, 4) is 0 Å². The minimum Gasteiger partial charge on any atom is -0.384 e. The van der Waals surface area contributed by atoms with Crippen molar-refractivity contribution >= 4 is 5.91 Å². The van der Waals surface area contributed by atoms with Crippen LogP contribution in [0.25, 0.3) is 0 Å². The van der Waals surface area contributed by atoms with Gasteiger partial charge in [-0.15, -0.1) is 0 Å². The summed E-state index contributed by atoms with van der Waals surface area (Å²) in [5.74, 6) is 0.836. The number of rotatable bonds is 3. The lowest BCUT2D eigenvalue weighted by Gasteiger charge is -2.34. The first-order valence-corrected chi connectivity index (χ1v) is 6.32. The van der Waals surface area contributed by atoms with E-state index in [1.54, 1.807) is 7.11 Å². The summed E-state index contributed by atoms with van der Waals surface area (Å²) in [7, 11) is 1.74. The minimum absolute atomic E-state index is 0.0845. The van der Waals surface area contributed by atoms with E-state index in [4.69, 9.17) is 4.74 Å². The molecule has 92 valence electrons. The van der Waals surface area contributed by atoms with Gasteiger partial charge in [0.1, 0.15) is 0 Å². The van der Waals surface area contributed by atoms with Crippen molar-refractivity contribution in [1.29, 1.82) is 0 Å². The molecule has 2 aliphatic heterocycles. The van der Waals surface area contributed by atoms with E-state index in [1.165, 1.54) is 6.42 Å². The van der Waals surface area contributed by atoms with Crippen LogP contribution in [0.5, 0.6) is 0 Å². The number of hydrogen-bond donors (Lipinski definition) is 1. The SMILES string of the molecule is COCC1CCCN(C(=O)[C@@H]2CCCN2)C1. The number of methoxy groups -OCH3 is 1. The van der Waals surface area contributed by atoms with Gasteiger partial charge in [0.05, 0.1) is 12.6 Å². The fraction of sp³-hybridized carbons (Fsp3) is 0.917. The summed E-state index contributed by atoms with van der Waals surface area (Å²) in [6.45, 7) is 3.58. The third-order valence-electron chi connectivity index (χ3n) is 3.59. The maximum absolute atomic E-state index is 12.2. The molecule has 0 aliphatic carbocycles.